The van der Waals surface area contributed by atoms with E-state index in [2.05, 4.69) is 11.4 Å². The van der Waals surface area contributed by atoms with Crippen molar-refractivity contribution in [2.45, 2.75) is 38.5 Å². The fraction of sp³-hybridized carbons (Fsp3) is 0.421. The van der Waals surface area contributed by atoms with Crippen molar-refractivity contribution < 1.29 is 30.0 Å². The Bertz CT molecular complexity index is 761. The highest BCUT2D eigenvalue weighted by Gasteiger charge is 2.32. The van der Waals surface area contributed by atoms with Crippen molar-refractivity contribution in [3.63, 3.8) is 0 Å². The van der Waals surface area contributed by atoms with E-state index in [4.69, 9.17) is 0 Å². The maximum atomic E-state index is 11.4. The van der Waals surface area contributed by atoms with E-state index in [1.54, 1.807) is 6.08 Å². The van der Waals surface area contributed by atoms with Gasteiger partial charge in [0, 0.05) is 17.1 Å². The summed E-state index contributed by atoms with van der Waals surface area (Å²) < 4.78 is 0. The number of aliphatic carboxylic acids is 1. The molecular weight excluding hydrogens is 354 g/mol. The molecule has 0 bridgehead atoms. The van der Waals surface area contributed by atoms with Crippen LogP contribution in [0.1, 0.15) is 43.2 Å². The van der Waals surface area contributed by atoms with Crippen LogP contribution in [0.4, 0.5) is 0 Å². The number of carbonyl (C=O) groups is 1. The summed E-state index contributed by atoms with van der Waals surface area (Å²) in [4.78, 5) is 25.7. The zero-order valence-electron chi connectivity index (χ0n) is 15.1. The zero-order chi connectivity index (χ0) is 20.1. The number of allylic oxidation sites excluding steroid dienone is 2. The highest BCUT2D eigenvalue weighted by Crippen LogP contribution is 2.46. The standard InChI is InChI=1S/C19H23NO7/c1-11(2)14-6-5-13(19(23)24)10-15(14)18-16(21)8-12(9-17(18)22)4-3-7-27-20(25)26/h8-10,14-15,21-22H,1,3-7H2,2H3,(H,23,24)/t14-,15+/m1/s1. The van der Waals surface area contributed by atoms with Crippen LogP contribution in [0.2, 0.25) is 0 Å². The molecule has 0 saturated carbocycles. The molecule has 0 unspecified atom stereocenters. The van der Waals surface area contributed by atoms with Crippen LogP contribution in [0, 0.1) is 16.0 Å². The van der Waals surface area contributed by atoms with Crippen LogP contribution in [0.5, 0.6) is 11.5 Å². The first-order valence-electron chi connectivity index (χ1n) is 8.62. The van der Waals surface area contributed by atoms with Gasteiger partial charge in [-0.25, -0.2) is 4.79 Å². The molecule has 2 rings (SSSR count). The number of hydrogen-bond donors (Lipinski definition) is 3. The fourth-order valence-corrected chi connectivity index (χ4v) is 3.50. The Morgan fingerprint density at radius 1 is 1.37 bits per heavy atom. The Morgan fingerprint density at radius 3 is 2.52 bits per heavy atom. The quantitative estimate of drug-likeness (QED) is 0.274. The van der Waals surface area contributed by atoms with Crippen molar-refractivity contribution in [1.82, 2.24) is 0 Å². The molecule has 2 atom stereocenters. The Labute approximate surface area is 156 Å². The second-order valence-electron chi connectivity index (χ2n) is 6.72. The van der Waals surface area contributed by atoms with Gasteiger partial charge < -0.3 is 20.2 Å². The van der Waals surface area contributed by atoms with E-state index < -0.39 is 17.0 Å². The number of carboxylic acid groups (broad SMARTS) is 1. The number of phenolic OH excluding ortho intramolecular Hbond substituents is 2. The number of aromatic hydroxyl groups is 2. The number of nitrogens with zero attached hydrogens (tertiary/aromatic N) is 1. The van der Waals surface area contributed by atoms with Gasteiger partial charge in [0.15, 0.2) is 0 Å². The van der Waals surface area contributed by atoms with Crippen molar-refractivity contribution in [1.29, 1.82) is 0 Å². The molecule has 27 heavy (non-hydrogen) atoms. The van der Waals surface area contributed by atoms with Gasteiger partial charge in [0.25, 0.3) is 5.09 Å². The minimum absolute atomic E-state index is 0.0820. The summed E-state index contributed by atoms with van der Waals surface area (Å²) in [6.07, 6.45) is 3.26. The van der Waals surface area contributed by atoms with Crippen LogP contribution in [0.15, 0.2) is 35.9 Å². The summed E-state index contributed by atoms with van der Waals surface area (Å²) >= 11 is 0. The van der Waals surface area contributed by atoms with E-state index in [1.807, 2.05) is 6.92 Å². The number of aryl methyl sites for hydroxylation is 1. The zero-order valence-corrected chi connectivity index (χ0v) is 15.1. The van der Waals surface area contributed by atoms with Crippen molar-refractivity contribution in [2.24, 2.45) is 5.92 Å². The lowest BCUT2D eigenvalue weighted by atomic mass is 9.73. The van der Waals surface area contributed by atoms with Gasteiger partial charge in [0.05, 0.1) is 6.61 Å². The van der Waals surface area contributed by atoms with Gasteiger partial charge in [-0.15, -0.1) is 10.1 Å². The minimum Gasteiger partial charge on any atom is -0.507 e. The van der Waals surface area contributed by atoms with Crippen LogP contribution in [0.25, 0.3) is 0 Å². The first-order chi connectivity index (χ1) is 12.7. The van der Waals surface area contributed by atoms with Crippen molar-refractivity contribution in [2.75, 3.05) is 6.61 Å². The molecule has 8 heteroatoms. The normalized spacial score (nSPS) is 19.2. The molecule has 0 radical (unpaired) electrons. The monoisotopic (exact) mass is 377 g/mol. The minimum atomic E-state index is -1.01. The van der Waals surface area contributed by atoms with Gasteiger partial charge in [0.1, 0.15) is 11.5 Å². The van der Waals surface area contributed by atoms with Crippen LogP contribution >= 0.6 is 0 Å². The number of hydrogen-bond acceptors (Lipinski definition) is 6. The number of carboxylic acids is 1. The first kappa shape index (κ1) is 20.3. The maximum Gasteiger partial charge on any atom is 0.331 e. The van der Waals surface area contributed by atoms with Gasteiger partial charge in [-0.3, -0.25) is 0 Å². The third-order valence-corrected chi connectivity index (χ3v) is 4.78. The molecule has 0 aromatic heterocycles. The second-order valence-corrected chi connectivity index (χ2v) is 6.72. The van der Waals surface area contributed by atoms with Crippen LogP contribution < -0.4 is 0 Å². The molecule has 1 aliphatic carbocycles. The molecule has 0 fully saturated rings. The molecule has 0 saturated heterocycles. The van der Waals surface area contributed by atoms with Gasteiger partial charge >= 0.3 is 5.97 Å². The lowest BCUT2D eigenvalue weighted by Gasteiger charge is -2.31. The van der Waals surface area contributed by atoms with Crippen LogP contribution in [-0.2, 0) is 16.1 Å². The third-order valence-electron chi connectivity index (χ3n) is 4.78. The third kappa shape index (κ3) is 4.99. The van der Waals surface area contributed by atoms with Crippen LogP contribution in [0.3, 0.4) is 0 Å². The average molecular weight is 377 g/mol. The molecule has 3 N–H and O–H groups in total. The molecule has 146 valence electrons. The molecule has 1 aromatic carbocycles. The largest absolute Gasteiger partial charge is 0.507 e. The summed E-state index contributed by atoms with van der Waals surface area (Å²) in [7, 11) is 0. The SMILES string of the molecule is C=C(C)[C@H]1CCC(C(=O)O)=C[C@@H]1c1c(O)cc(CCCO[N+](=O)[O-])cc1O. The summed E-state index contributed by atoms with van der Waals surface area (Å²) in [6, 6.07) is 2.97. The molecule has 0 heterocycles. The van der Waals surface area contributed by atoms with E-state index >= 15 is 0 Å². The predicted octanol–water partition coefficient (Wildman–Crippen LogP) is 3.32. The van der Waals surface area contributed by atoms with Gasteiger partial charge in [-0.05, 0) is 56.2 Å². The Kier molecular flexibility index (Phi) is 6.44. The summed E-state index contributed by atoms with van der Waals surface area (Å²) in [5, 5.41) is 39.5. The van der Waals surface area contributed by atoms with E-state index in [1.165, 1.54) is 12.1 Å². The summed E-state index contributed by atoms with van der Waals surface area (Å²) in [5.74, 6) is -1.88. The van der Waals surface area contributed by atoms with E-state index in [-0.39, 0.29) is 35.2 Å². The second kappa shape index (κ2) is 8.57. The van der Waals surface area contributed by atoms with Crippen molar-refractivity contribution in [3.8, 4) is 11.5 Å². The molecule has 0 spiro atoms. The van der Waals surface area contributed by atoms with E-state index in [0.717, 1.165) is 5.57 Å². The molecule has 1 aromatic rings. The smallest absolute Gasteiger partial charge is 0.331 e. The summed E-state index contributed by atoms with van der Waals surface area (Å²) in [5.41, 5.74) is 1.97. The average Bonchev–Trinajstić information content (AvgIpc) is 2.57. The maximum absolute atomic E-state index is 11.4. The number of benzene rings is 1. The number of phenols is 2. The van der Waals surface area contributed by atoms with Crippen molar-refractivity contribution >= 4 is 5.97 Å². The highest BCUT2D eigenvalue weighted by molar-refractivity contribution is 5.87. The van der Waals surface area contributed by atoms with Crippen molar-refractivity contribution in [3.05, 3.63) is 57.2 Å². The highest BCUT2D eigenvalue weighted by atomic mass is 16.9. The van der Waals surface area contributed by atoms with Gasteiger partial charge in [0.2, 0.25) is 0 Å². The van der Waals surface area contributed by atoms with E-state index in [0.29, 0.717) is 31.2 Å². The molecule has 0 aliphatic heterocycles. The molecule has 1 aliphatic rings. The molecule has 8 nitrogen and oxygen atoms in total. The lowest BCUT2D eigenvalue weighted by molar-refractivity contribution is -0.757. The fourth-order valence-electron chi connectivity index (χ4n) is 3.50. The lowest BCUT2D eigenvalue weighted by Crippen LogP contribution is -2.20. The molecule has 0 amide bonds. The molecular formula is C19H23NO7. The van der Waals surface area contributed by atoms with E-state index in [9.17, 15) is 30.2 Å². The van der Waals surface area contributed by atoms with Gasteiger partial charge in [-0.2, -0.15) is 0 Å². The predicted molar refractivity (Wildman–Crippen MR) is 97.0 cm³/mol. The first-order valence-corrected chi connectivity index (χ1v) is 8.62. The Hall–Kier alpha value is -3.03. The van der Waals surface area contributed by atoms with Crippen LogP contribution in [-0.4, -0.2) is 33.0 Å². The van der Waals surface area contributed by atoms with Gasteiger partial charge in [-0.1, -0.05) is 18.2 Å². The summed E-state index contributed by atoms with van der Waals surface area (Å²) in [6.45, 7) is 5.72. The Balaban J connectivity index is 2.30. The number of rotatable bonds is 8. The topological polar surface area (TPSA) is 130 Å². The Morgan fingerprint density at radius 2 is 2.00 bits per heavy atom.